The summed E-state index contributed by atoms with van der Waals surface area (Å²) in [7, 11) is 0. The van der Waals surface area contributed by atoms with E-state index in [9.17, 15) is 9.59 Å². The average molecular weight is 310 g/mol. The zero-order valence-electron chi connectivity index (χ0n) is 12.0. The minimum Gasteiger partial charge on any atom is -0.395 e. The van der Waals surface area contributed by atoms with E-state index in [1.54, 1.807) is 0 Å². The van der Waals surface area contributed by atoms with Crippen molar-refractivity contribution < 1.29 is 29.6 Å². The van der Waals surface area contributed by atoms with Gasteiger partial charge in [0.05, 0.1) is 13.2 Å². The van der Waals surface area contributed by atoms with Gasteiger partial charge in [-0.1, -0.05) is 24.3 Å². The van der Waals surface area contributed by atoms with Crippen LogP contribution in [-0.4, -0.2) is 58.5 Å². The van der Waals surface area contributed by atoms with E-state index in [4.69, 9.17) is 10.2 Å². The fraction of sp³-hybridized carbons (Fsp3) is 0.429. The van der Waals surface area contributed by atoms with Crippen molar-refractivity contribution in [3.63, 3.8) is 0 Å². The second-order valence-corrected chi connectivity index (χ2v) is 4.81. The lowest BCUT2D eigenvalue weighted by atomic mass is 10.1. The van der Waals surface area contributed by atoms with Crippen LogP contribution in [0.4, 0.5) is 9.59 Å². The summed E-state index contributed by atoms with van der Waals surface area (Å²) >= 11 is 0. The van der Waals surface area contributed by atoms with Gasteiger partial charge in [-0.2, -0.15) is 0 Å². The maximum atomic E-state index is 11.9. The molecule has 0 saturated heterocycles. The average Bonchev–Trinajstić information content (AvgIpc) is 2.51. The highest BCUT2D eigenvalue weighted by Gasteiger charge is 2.23. The van der Waals surface area contributed by atoms with Gasteiger partial charge < -0.3 is 15.1 Å². The molecule has 1 aromatic carbocycles. The van der Waals surface area contributed by atoms with Gasteiger partial charge in [-0.25, -0.2) is 19.4 Å². The van der Waals surface area contributed by atoms with Crippen LogP contribution in [0.2, 0.25) is 0 Å². The first-order valence-electron chi connectivity index (χ1n) is 6.86. The number of aliphatic hydroxyl groups excluding tert-OH is 2. The van der Waals surface area contributed by atoms with E-state index in [0.29, 0.717) is 13.1 Å². The summed E-state index contributed by atoms with van der Waals surface area (Å²) in [5, 5.41) is 17.6. The third kappa shape index (κ3) is 4.09. The molecule has 1 heterocycles. The molecule has 22 heavy (non-hydrogen) atoms. The Morgan fingerprint density at radius 3 is 2.23 bits per heavy atom. The van der Waals surface area contributed by atoms with Gasteiger partial charge >= 0.3 is 12.2 Å². The topological polar surface area (TPSA) is 99.5 Å². The first-order chi connectivity index (χ1) is 10.6. The molecule has 0 fully saturated rings. The van der Waals surface area contributed by atoms with Crippen molar-refractivity contribution in [3.8, 4) is 0 Å². The molecule has 1 aliphatic rings. The van der Waals surface area contributed by atoms with Crippen LogP contribution in [-0.2, 0) is 22.9 Å². The molecule has 2 N–H and O–H groups in total. The van der Waals surface area contributed by atoms with Gasteiger partial charge in [0, 0.05) is 26.2 Å². The minimum atomic E-state index is -0.938. The first kappa shape index (κ1) is 16.1. The summed E-state index contributed by atoms with van der Waals surface area (Å²) in [6.45, 7) is 0.131. The highest BCUT2D eigenvalue weighted by atomic mass is 17.2. The van der Waals surface area contributed by atoms with Crippen molar-refractivity contribution in [2.45, 2.75) is 13.1 Å². The number of benzene rings is 1. The number of amides is 2. The van der Waals surface area contributed by atoms with E-state index < -0.39 is 12.2 Å². The number of carbonyl (C=O) groups is 2. The molecule has 0 spiro atoms. The molecule has 1 aromatic rings. The summed E-state index contributed by atoms with van der Waals surface area (Å²) in [6, 6.07) is 7.67. The summed E-state index contributed by atoms with van der Waals surface area (Å²) in [5.74, 6) is 0. The second kappa shape index (κ2) is 7.62. The Balaban J connectivity index is 1.83. The molecule has 8 nitrogen and oxygen atoms in total. The van der Waals surface area contributed by atoms with Crippen molar-refractivity contribution in [2.24, 2.45) is 0 Å². The molecule has 120 valence electrons. The van der Waals surface area contributed by atoms with Gasteiger partial charge in [-0.05, 0) is 11.1 Å². The highest BCUT2D eigenvalue weighted by Crippen LogP contribution is 2.18. The van der Waals surface area contributed by atoms with E-state index >= 15 is 0 Å². The lowest BCUT2D eigenvalue weighted by Crippen LogP contribution is -2.38. The Morgan fingerprint density at radius 1 is 1.09 bits per heavy atom. The SMILES string of the molecule is O=C(OOC(=O)N1Cc2cccc(c2)C1)N(CCO)CCO. The summed E-state index contributed by atoms with van der Waals surface area (Å²) in [6.07, 6.45) is -1.71. The number of aliphatic hydroxyl groups is 2. The maximum Gasteiger partial charge on any atom is 0.453 e. The first-order valence-corrected chi connectivity index (χ1v) is 6.86. The Kier molecular flexibility index (Phi) is 5.56. The molecule has 0 atom stereocenters. The predicted molar refractivity (Wildman–Crippen MR) is 74.4 cm³/mol. The molecular weight excluding hydrogens is 292 g/mol. The van der Waals surface area contributed by atoms with E-state index in [-0.39, 0.29) is 26.3 Å². The van der Waals surface area contributed by atoms with Crippen LogP contribution in [0.3, 0.4) is 0 Å². The Hall–Kier alpha value is -2.32. The van der Waals surface area contributed by atoms with Crippen LogP contribution >= 0.6 is 0 Å². The molecule has 0 saturated carbocycles. The van der Waals surface area contributed by atoms with Crippen LogP contribution < -0.4 is 0 Å². The number of carbonyl (C=O) groups excluding carboxylic acids is 2. The molecule has 2 amide bonds. The van der Waals surface area contributed by atoms with Crippen LogP contribution in [0.15, 0.2) is 24.3 Å². The van der Waals surface area contributed by atoms with Gasteiger partial charge in [0.1, 0.15) is 0 Å². The van der Waals surface area contributed by atoms with Gasteiger partial charge in [0.25, 0.3) is 0 Å². The summed E-state index contributed by atoms with van der Waals surface area (Å²) in [4.78, 5) is 35.0. The van der Waals surface area contributed by atoms with Crippen LogP contribution in [0.5, 0.6) is 0 Å². The molecule has 0 aliphatic carbocycles. The molecular formula is C14H18N2O6. The standard InChI is InChI=1S/C14H18N2O6/c17-6-4-15(5-7-18)13(19)21-22-14(20)16-9-11-2-1-3-12(8-11)10-16/h1-3,8,17-18H,4-7,9-10H2. The number of nitrogens with zero attached hydrogens (tertiary/aromatic N) is 2. The molecule has 2 bridgehead atoms. The maximum absolute atomic E-state index is 11.9. The lowest BCUT2D eigenvalue weighted by Gasteiger charge is -2.26. The fourth-order valence-electron chi connectivity index (χ4n) is 2.16. The lowest BCUT2D eigenvalue weighted by molar-refractivity contribution is -0.198. The van der Waals surface area contributed by atoms with E-state index in [0.717, 1.165) is 16.0 Å². The van der Waals surface area contributed by atoms with Gasteiger partial charge in [-0.15, -0.1) is 0 Å². The summed E-state index contributed by atoms with van der Waals surface area (Å²) in [5.41, 5.74) is 1.93. The van der Waals surface area contributed by atoms with Crippen molar-refractivity contribution in [2.75, 3.05) is 26.3 Å². The zero-order valence-corrected chi connectivity index (χ0v) is 12.0. The fourth-order valence-corrected chi connectivity index (χ4v) is 2.16. The van der Waals surface area contributed by atoms with Crippen LogP contribution in [0, 0.1) is 0 Å². The van der Waals surface area contributed by atoms with E-state index in [2.05, 4.69) is 9.78 Å². The highest BCUT2D eigenvalue weighted by molar-refractivity contribution is 5.71. The monoisotopic (exact) mass is 310 g/mol. The second-order valence-electron chi connectivity index (χ2n) is 4.81. The van der Waals surface area contributed by atoms with Crippen molar-refractivity contribution in [3.05, 3.63) is 35.4 Å². The van der Waals surface area contributed by atoms with E-state index in [1.165, 1.54) is 4.90 Å². The zero-order chi connectivity index (χ0) is 15.9. The molecule has 0 unspecified atom stereocenters. The Labute approximate surface area is 127 Å². The van der Waals surface area contributed by atoms with Crippen LogP contribution in [0.1, 0.15) is 11.1 Å². The smallest absolute Gasteiger partial charge is 0.395 e. The summed E-state index contributed by atoms with van der Waals surface area (Å²) < 4.78 is 0. The quantitative estimate of drug-likeness (QED) is 0.620. The molecule has 0 radical (unpaired) electrons. The Bertz CT molecular complexity index is 509. The third-order valence-electron chi connectivity index (χ3n) is 3.18. The van der Waals surface area contributed by atoms with Crippen molar-refractivity contribution >= 4 is 12.2 Å². The normalized spacial score (nSPS) is 12.7. The number of fused-ring (bicyclic) bond motifs is 2. The third-order valence-corrected chi connectivity index (χ3v) is 3.18. The van der Waals surface area contributed by atoms with Gasteiger partial charge in [0.2, 0.25) is 0 Å². The molecule has 0 aromatic heterocycles. The van der Waals surface area contributed by atoms with Crippen molar-refractivity contribution in [1.82, 2.24) is 9.80 Å². The number of rotatable bonds is 4. The molecule has 1 aliphatic heterocycles. The van der Waals surface area contributed by atoms with Crippen molar-refractivity contribution in [1.29, 1.82) is 0 Å². The van der Waals surface area contributed by atoms with Crippen LogP contribution in [0.25, 0.3) is 0 Å². The Morgan fingerprint density at radius 2 is 1.68 bits per heavy atom. The number of hydrogen-bond acceptors (Lipinski definition) is 6. The molecule has 2 rings (SSSR count). The largest absolute Gasteiger partial charge is 0.453 e. The minimum absolute atomic E-state index is 0.0226. The predicted octanol–water partition coefficient (Wildman–Crippen LogP) is 0.477. The van der Waals surface area contributed by atoms with Gasteiger partial charge in [-0.3, -0.25) is 4.90 Å². The van der Waals surface area contributed by atoms with E-state index in [1.807, 2.05) is 24.3 Å². The molecule has 8 heteroatoms. The van der Waals surface area contributed by atoms with Gasteiger partial charge in [0.15, 0.2) is 0 Å². The number of hydrogen-bond donors (Lipinski definition) is 2.